The highest BCUT2D eigenvalue weighted by molar-refractivity contribution is 7.80. The van der Waals surface area contributed by atoms with Crippen LogP contribution >= 0.6 is 12.6 Å². The van der Waals surface area contributed by atoms with Gasteiger partial charge in [-0.2, -0.15) is 12.6 Å². The molecule has 1 heterocycles. The summed E-state index contributed by atoms with van der Waals surface area (Å²) in [5.41, 5.74) is 22.1. The van der Waals surface area contributed by atoms with Crippen LogP contribution in [0.2, 0.25) is 0 Å². The SMILES string of the molecule is CC[C@H](C)[C@H](NC(=O)CNC(=O)CNC(=O)CNC(=O)CNC(=O)[C@H](CCC(=O)O)NC(=O)CNC(=O)[C@H](CCCNC(=N)N)NC(=O)[C@H](Cc1ccc(O)cc1)NC(=O)[C@H](CS)NC(=O)[C@H](CCCNC(=N)N)NC(=O)[C@@H]1CCCN1)C(=O)N[C@H](C(=O)N[C@@H](CCCNC(=N)N)C(=O)N[C@@H](CCCNC(=N)N)C(=O)N[C@@H](C)C(=O)N[C@@H](CC(=O)O)C(=O)O)C(C)C. The van der Waals surface area contributed by atoms with Gasteiger partial charge in [0.1, 0.15) is 72.2 Å². The summed E-state index contributed by atoms with van der Waals surface area (Å²) in [4.78, 5) is 252. The number of phenols is 1. The third kappa shape index (κ3) is 45.5. The Kier molecular flexibility index (Phi) is 50.4. The number of nitrogens with two attached hydrogens (primary N) is 4. The van der Waals surface area contributed by atoms with Crippen LogP contribution in [0.3, 0.4) is 0 Å². The first-order valence-corrected chi connectivity index (χ1v) is 41.3. The van der Waals surface area contributed by atoms with Crippen molar-refractivity contribution in [1.82, 2.24) is 112 Å². The van der Waals surface area contributed by atoms with Crippen molar-refractivity contribution < 1.29 is 112 Å². The number of carbonyl (C=O) groups is 19. The van der Waals surface area contributed by atoms with Gasteiger partial charge in [0.15, 0.2) is 23.8 Å². The van der Waals surface area contributed by atoms with E-state index in [4.69, 9.17) is 49.7 Å². The molecule has 0 saturated carbocycles. The molecule has 0 unspecified atom stereocenters. The van der Waals surface area contributed by atoms with Gasteiger partial charge >= 0.3 is 17.9 Å². The number of aromatic hydroxyl groups is 1. The van der Waals surface area contributed by atoms with Gasteiger partial charge in [0.05, 0.1) is 45.2 Å². The number of aliphatic carboxylic acids is 3. The van der Waals surface area contributed by atoms with Crippen molar-refractivity contribution in [3.8, 4) is 5.75 Å². The van der Waals surface area contributed by atoms with Crippen LogP contribution in [0.5, 0.6) is 5.75 Å². The number of carboxylic acid groups (broad SMARTS) is 3. The van der Waals surface area contributed by atoms with Gasteiger partial charge in [0.25, 0.3) is 0 Å². The van der Waals surface area contributed by atoms with Crippen LogP contribution in [0, 0.1) is 33.5 Å². The van der Waals surface area contributed by atoms with E-state index in [1.165, 1.54) is 24.3 Å². The molecular weight excluding hydrogens is 1700 g/mol. The van der Waals surface area contributed by atoms with Gasteiger partial charge in [0.2, 0.25) is 94.5 Å². The van der Waals surface area contributed by atoms with Crippen molar-refractivity contribution in [3.63, 3.8) is 0 Å². The number of thiol groups is 1. The zero-order valence-electron chi connectivity index (χ0n) is 71.1. The molecule has 1 aromatic carbocycles. The predicted molar refractivity (Wildman–Crippen MR) is 456 cm³/mol. The van der Waals surface area contributed by atoms with Crippen LogP contribution in [0.4, 0.5) is 0 Å². The fraction of sp³-hybridized carbons (Fsp3) is 0.608. The van der Waals surface area contributed by atoms with E-state index in [1.54, 1.807) is 27.7 Å². The van der Waals surface area contributed by atoms with Crippen LogP contribution in [-0.2, 0) is 97.5 Å². The molecule has 1 aliphatic rings. The lowest BCUT2D eigenvalue weighted by Crippen LogP contribution is -2.61. The second-order valence-corrected chi connectivity index (χ2v) is 30.1. The number of benzene rings is 1. The van der Waals surface area contributed by atoms with E-state index in [2.05, 4.69) is 119 Å². The average molecular weight is 1820 g/mol. The molecule has 37 N–H and O–H groups in total. The molecule has 52 nitrogen and oxygen atoms in total. The average Bonchev–Trinajstić information content (AvgIpc) is 1.57. The molecular formula is C74H123N29O23S. The highest BCUT2D eigenvalue weighted by Gasteiger charge is 2.38. The van der Waals surface area contributed by atoms with Crippen molar-refractivity contribution in [2.45, 2.75) is 203 Å². The van der Waals surface area contributed by atoms with Crippen molar-refractivity contribution >= 4 is 149 Å². The fourth-order valence-corrected chi connectivity index (χ4v) is 12.1. The molecule has 0 spiro atoms. The van der Waals surface area contributed by atoms with E-state index in [9.17, 15) is 106 Å². The Balaban J connectivity index is 2.16. The number of amides is 16. The molecule has 0 bridgehead atoms. The van der Waals surface area contributed by atoms with E-state index in [0.29, 0.717) is 24.9 Å². The van der Waals surface area contributed by atoms with Gasteiger partial charge in [-0.1, -0.05) is 46.2 Å². The summed E-state index contributed by atoms with van der Waals surface area (Å²) in [5.74, 6) is -23.2. The van der Waals surface area contributed by atoms with Crippen LogP contribution in [0.1, 0.15) is 130 Å². The van der Waals surface area contributed by atoms with Crippen molar-refractivity contribution in [2.24, 2.45) is 34.8 Å². The number of rotatable bonds is 60. The van der Waals surface area contributed by atoms with Gasteiger partial charge in [-0.25, -0.2) is 4.79 Å². The lowest BCUT2D eigenvalue weighted by Gasteiger charge is -2.29. The molecule has 16 amide bonds. The monoisotopic (exact) mass is 1820 g/mol. The minimum atomic E-state index is -1.88. The maximum absolute atomic E-state index is 14.4. The van der Waals surface area contributed by atoms with Gasteiger partial charge in [-0.3, -0.25) is 108 Å². The molecule has 0 aliphatic carbocycles. The largest absolute Gasteiger partial charge is 0.508 e. The molecule has 0 radical (unpaired) electrons. The molecule has 1 saturated heterocycles. The smallest absolute Gasteiger partial charge is 0.326 e. The number of carboxylic acids is 3. The summed E-state index contributed by atoms with van der Waals surface area (Å²) < 4.78 is 0. The summed E-state index contributed by atoms with van der Waals surface area (Å²) in [7, 11) is 0. The maximum Gasteiger partial charge on any atom is 0.326 e. The summed E-state index contributed by atoms with van der Waals surface area (Å²) in [6, 6.07) is -11.6. The minimum absolute atomic E-state index is 0.00815. The Bertz CT molecular complexity index is 4010. The zero-order chi connectivity index (χ0) is 95.6. The molecule has 1 aliphatic heterocycles. The summed E-state index contributed by atoms with van der Waals surface area (Å²) >= 11 is 4.28. The van der Waals surface area contributed by atoms with Gasteiger partial charge in [0, 0.05) is 44.8 Å². The zero-order valence-corrected chi connectivity index (χ0v) is 72.0. The Labute approximate surface area is 735 Å². The van der Waals surface area contributed by atoms with E-state index < -0.39 is 267 Å². The number of hydrogen-bond donors (Lipinski definition) is 34. The first kappa shape index (κ1) is 109. The maximum atomic E-state index is 14.4. The second kappa shape index (κ2) is 58.5. The van der Waals surface area contributed by atoms with Gasteiger partial charge in [-0.05, 0) is 114 Å². The molecule has 2 rings (SSSR count). The molecule has 53 heteroatoms. The van der Waals surface area contributed by atoms with Crippen molar-refractivity contribution in [2.75, 3.05) is 71.2 Å². The number of nitrogens with one attached hydrogen (secondary N) is 25. The van der Waals surface area contributed by atoms with E-state index in [-0.39, 0.29) is 108 Å². The lowest BCUT2D eigenvalue weighted by molar-refractivity contribution is -0.147. The highest BCUT2D eigenvalue weighted by atomic mass is 32.1. The normalized spacial score (nSPS) is 14.8. The number of hydrogen-bond acceptors (Lipinski definition) is 26. The predicted octanol–water partition coefficient (Wildman–Crippen LogP) is -11.3. The minimum Gasteiger partial charge on any atom is -0.508 e. The Morgan fingerprint density at radius 2 is 0.795 bits per heavy atom. The highest BCUT2D eigenvalue weighted by Crippen LogP contribution is 2.16. The quantitative estimate of drug-likeness (QED) is 0.0125. The summed E-state index contributed by atoms with van der Waals surface area (Å²) in [5, 5.41) is 120. The Hall–Kier alpha value is -13.7. The molecule has 0 aromatic heterocycles. The fourth-order valence-electron chi connectivity index (χ4n) is 11.8. The van der Waals surface area contributed by atoms with Crippen molar-refractivity contribution in [1.29, 1.82) is 21.6 Å². The van der Waals surface area contributed by atoms with Crippen LogP contribution in [0.15, 0.2) is 24.3 Å². The van der Waals surface area contributed by atoms with Gasteiger partial charge < -0.3 is 155 Å². The third-order valence-electron chi connectivity index (χ3n) is 19.0. The number of guanidine groups is 4. The van der Waals surface area contributed by atoms with E-state index in [1.807, 2.05) is 5.32 Å². The van der Waals surface area contributed by atoms with Crippen LogP contribution in [-0.4, -0.2) is 300 Å². The molecule has 708 valence electrons. The molecule has 1 fully saturated rings. The third-order valence-corrected chi connectivity index (χ3v) is 19.3. The van der Waals surface area contributed by atoms with E-state index in [0.717, 1.165) is 6.92 Å². The summed E-state index contributed by atoms with van der Waals surface area (Å²) in [6.45, 7) is 4.13. The standard InChI is InChI=1S/C74H123N29O23S/c1-6-37(4)58(69(124)103-57(36(2)3)68(123)98-45(16-11-27-87-74(81)82)64(119)97-43(14-9-25-85-72(77)78)63(118)93-38(5)59(114)100-48(70(125)126)29-56(112)113)102-54(109)33-90-51(106)31-88-50(105)30-89-52(107)32-91-61(116)46(21-22-55(110)111)94-53(108)34-92-60(115)42(13-8-24-84-71(75)76)95-66(121)47(28-39-17-19-40(104)20-18-39)99-67(122)49(35-127)101-65(120)44(15-10-26-86-73(79)80)96-62(117)41-12-7-23-83-41/h17-20,36-38,41-49,57-58,83,104,127H,6-16,21-35H2,1-5H3,(H,88,105)(H,89,107)(H,90,106)(H,91,116)(H,92,115)(H,93,118)(H,94,108)(H,95,121)(H,96,117)(H,97,119)(H,98,123)(H,99,122)(H,100,114)(H,101,120)(H,102,109)(H,103,124)(H,110,111)(H,112,113)(H,125,126)(H4,75,76,84)(H4,77,78,85)(H4,79,80,86)(H4,81,82,87)/t37-,38-,41-,42-,43-,44-,45-,46-,47-,48-,49-,57-,58-/m0/s1. The number of phenolic OH excluding ortho intramolecular Hbond substituents is 1. The van der Waals surface area contributed by atoms with Crippen LogP contribution in [0.25, 0.3) is 0 Å². The van der Waals surface area contributed by atoms with Crippen molar-refractivity contribution in [3.05, 3.63) is 29.8 Å². The number of carbonyl (C=O) groups excluding carboxylic acids is 16. The Morgan fingerprint density at radius 3 is 1.22 bits per heavy atom. The van der Waals surface area contributed by atoms with E-state index >= 15 is 0 Å². The molecule has 127 heavy (non-hydrogen) atoms. The van der Waals surface area contributed by atoms with Gasteiger partial charge in [-0.15, -0.1) is 0 Å². The van der Waals surface area contributed by atoms with Crippen LogP contribution < -0.4 is 135 Å². The Morgan fingerprint density at radius 1 is 0.417 bits per heavy atom. The first-order chi connectivity index (χ1) is 59.8. The first-order valence-electron chi connectivity index (χ1n) is 40.6. The second-order valence-electron chi connectivity index (χ2n) is 29.7. The molecule has 1 aromatic rings. The molecule has 13 atom stereocenters. The topological polar surface area (TPSA) is 857 Å². The summed E-state index contributed by atoms with van der Waals surface area (Å²) in [6.07, 6.45) is -1.22. The lowest BCUT2D eigenvalue weighted by atomic mass is 9.96.